The van der Waals surface area contributed by atoms with Gasteiger partial charge in [0.1, 0.15) is 18.1 Å². The molecular weight excluding hydrogens is 388 g/mol. The summed E-state index contributed by atoms with van der Waals surface area (Å²) < 4.78 is 16.6. The summed E-state index contributed by atoms with van der Waals surface area (Å²) in [6, 6.07) is 24.5. The van der Waals surface area contributed by atoms with Gasteiger partial charge in [0.15, 0.2) is 0 Å². The quantitative estimate of drug-likeness (QED) is 0.296. The third kappa shape index (κ3) is 7.49. The predicted molar refractivity (Wildman–Crippen MR) is 123 cm³/mol. The maximum Gasteiger partial charge on any atom is 0.305 e. The minimum absolute atomic E-state index is 0.196. The Morgan fingerprint density at radius 2 is 1.52 bits per heavy atom. The number of esters is 1. The number of benzene rings is 3. The van der Waals surface area contributed by atoms with Gasteiger partial charge in [-0.05, 0) is 66.6 Å². The second kappa shape index (κ2) is 11.8. The average Bonchev–Trinajstić information content (AvgIpc) is 2.81. The van der Waals surface area contributed by atoms with E-state index in [2.05, 4.69) is 54.1 Å². The molecule has 4 nitrogen and oxygen atoms in total. The van der Waals surface area contributed by atoms with Crippen LogP contribution < -0.4 is 9.47 Å². The molecule has 0 aromatic heterocycles. The fourth-order valence-electron chi connectivity index (χ4n) is 3.26. The van der Waals surface area contributed by atoms with E-state index in [1.54, 1.807) is 0 Å². The zero-order valence-electron chi connectivity index (χ0n) is 18.3. The Morgan fingerprint density at radius 1 is 0.806 bits per heavy atom. The standard InChI is InChI=1S/C27H30O4/c1-21-10-11-24(19-26(21)30-18-6-9-22-7-4-3-5-8-22)20-31-25-15-12-23(13-16-25)14-17-27(28)29-2/h3-5,7-8,10-13,15-16,19H,6,9,14,17-18,20H2,1-2H3. The summed E-state index contributed by atoms with van der Waals surface area (Å²) >= 11 is 0. The van der Waals surface area contributed by atoms with Gasteiger partial charge in [-0.1, -0.05) is 54.6 Å². The lowest BCUT2D eigenvalue weighted by Gasteiger charge is -2.12. The first-order valence-electron chi connectivity index (χ1n) is 10.7. The molecule has 0 amide bonds. The van der Waals surface area contributed by atoms with Crippen LogP contribution in [-0.4, -0.2) is 19.7 Å². The average molecular weight is 419 g/mol. The van der Waals surface area contributed by atoms with Crippen LogP contribution in [0, 0.1) is 6.92 Å². The number of carbonyl (C=O) groups excluding carboxylic acids is 1. The Balaban J connectivity index is 1.46. The summed E-state index contributed by atoms with van der Waals surface area (Å²) in [5.74, 6) is 1.51. The van der Waals surface area contributed by atoms with Gasteiger partial charge in [0, 0.05) is 6.42 Å². The zero-order chi connectivity index (χ0) is 21.9. The summed E-state index contributed by atoms with van der Waals surface area (Å²) in [7, 11) is 1.41. The molecule has 0 unspecified atom stereocenters. The number of ether oxygens (including phenoxy) is 3. The van der Waals surface area contributed by atoms with Crippen LogP contribution in [-0.2, 0) is 29.0 Å². The normalized spacial score (nSPS) is 10.5. The lowest BCUT2D eigenvalue weighted by molar-refractivity contribution is -0.140. The first-order valence-corrected chi connectivity index (χ1v) is 10.7. The lowest BCUT2D eigenvalue weighted by atomic mass is 10.1. The van der Waals surface area contributed by atoms with Gasteiger partial charge in [0.2, 0.25) is 0 Å². The maximum atomic E-state index is 11.3. The van der Waals surface area contributed by atoms with E-state index in [0.717, 1.165) is 41.0 Å². The highest BCUT2D eigenvalue weighted by Crippen LogP contribution is 2.22. The molecule has 0 bridgehead atoms. The third-order valence-corrected chi connectivity index (χ3v) is 5.14. The molecule has 0 fully saturated rings. The second-order valence-electron chi connectivity index (χ2n) is 7.55. The second-order valence-corrected chi connectivity index (χ2v) is 7.55. The Bertz CT molecular complexity index is 949. The fraction of sp³-hybridized carbons (Fsp3) is 0.296. The van der Waals surface area contributed by atoms with Crippen molar-refractivity contribution in [3.63, 3.8) is 0 Å². The number of hydrogen-bond donors (Lipinski definition) is 0. The van der Waals surface area contributed by atoms with E-state index in [9.17, 15) is 4.79 Å². The number of rotatable bonds is 11. The van der Waals surface area contributed by atoms with Crippen molar-refractivity contribution in [3.8, 4) is 11.5 Å². The minimum Gasteiger partial charge on any atom is -0.493 e. The Kier molecular flexibility index (Phi) is 8.53. The highest BCUT2D eigenvalue weighted by Gasteiger charge is 2.05. The summed E-state index contributed by atoms with van der Waals surface area (Å²) in [5, 5.41) is 0. The van der Waals surface area contributed by atoms with Gasteiger partial charge in [-0.2, -0.15) is 0 Å². The van der Waals surface area contributed by atoms with E-state index in [0.29, 0.717) is 26.1 Å². The van der Waals surface area contributed by atoms with E-state index >= 15 is 0 Å². The molecule has 0 aliphatic heterocycles. The molecule has 0 atom stereocenters. The van der Waals surface area contributed by atoms with E-state index in [1.807, 2.05) is 30.3 Å². The zero-order valence-corrected chi connectivity index (χ0v) is 18.3. The van der Waals surface area contributed by atoms with Crippen LogP contribution in [0.4, 0.5) is 0 Å². The van der Waals surface area contributed by atoms with Gasteiger partial charge in [-0.25, -0.2) is 0 Å². The number of methoxy groups -OCH3 is 1. The summed E-state index contributed by atoms with van der Waals surface area (Å²) in [5.41, 5.74) is 4.61. The maximum absolute atomic E-state index is 11.3. The molecule has 3 rings (SSSR count). The number of hydrogen-bond acceptors (Lipinski definition) is 4. The molecule has 3 aromatic rings. The van der Waals surface area contributed by atoms with Gasteiger partial charge in [-0.15, -0.1) is 0 Å². The topological polar surface area (TPSA) is 44.8 Å². The van der Waals surface area contributed by atoms with Gasteiger partial charge >= 0.3 is 5.97 Å². The molecule has 0 aliphatic rings. The van der Waals surface area contributed by atoms with Crippen molar-refractivity contribution >= 4 is 5.97 Å². The molecule has 0 aliphatic carbocycles. The van der Waals surface area contributed by atoms with Crippen LogP contribution >= 0.6 is 0 Å². The monoisotopic (exact) mass is 418 g/mol. The molecule has 0 spiro atoms. The van der Waals surface area contributed by atoms with Crippen molar-refractivity contribution in [2.24, 2.45) is 0 Å². The molecule has 31 heavy (non-hydrogen) atoms. The number of aryl methyl sites for hydroxylation is 3. The Morgan fingerprint density at radius 3 is 2.26 bits per heavy atom. The SMILES string of the molecule is COC(=O)CCc1ccc(OCc2ccc(C)c(OCCCc3ccccc3)c2)cc1. The summed E-state index contributed by atoms with van der Waals surface area (Å²) in [4.78, 5) is 11.3. The fourth-order valence-corrected chi connectivity index (χ4v) is 3.26. The molecule has 0 saturated heterocycles. The van der Waals surface area contributed by atoms with Gasteiger partial charge in [0.25, 0.3) is 0 Å². The van der Waals surface area contributed by atoms with Crippen molar-refractivity contribution in [1.29, 1.82) is 0 Å². The van der Waals surface area contributed by atoms with Crippen LogP contribution in [0.2, 0.25) is 0 Å². The molecule has 3 aromatic carbocycles. The Hall–Kier alpha value is -3.27. The molecule has 4 heteroatoms. The van der Waals surface area contributed by atoms with E-state index in [-0.39, 0.29) is 5.97 Å². The number of carbonyl (C=O) groups is 1. The van der Waals surface area contributed by atoms with Gasteiger partial charge in [0.05, 0.1) is 13.7 Å². The minimum atomic E-state index is -0.196. The molecule has 0 radical (unpaired) electrons. The summed E-state index contributed by atoms with van der Waals surface area (Å²) in [6.07, 6.45) is 3.04. The molecule has 0 N–H and O–H groups in total. The van der Waals surface area contributed by atoms with Gasteiger partial charge < -0.3 is 14.2 Å². The van der Waals surface area contributed by atoms with E-state index in [1.165, 1.54) is 12.7 Å². The first-order chi connectivity index (χ1) is 15.1. The molecule has 0 heterocycles. The lowest BCUT2D eigenvalue weighted by Crippen LogP contribution is -2.03. The van der Waals surface area contributed by atoms with Crippen molar-refractivity contribution in [2.75, 3.05) is 13.7 Å². The van der Waals surface area contributed by atoms with Crippen LogP contribution in [0.1, 0.15) is 35.1 Å². The van der Waals surface area contributed by atoms with Crippen LogP contribution in [0.5, 0.6) is 11.5 Å². The van der Waals surface area contributed by atoms with Gasteiger partial charge in [-0.3, -0.25) is 4.79 Å². The summed E-state index contributed by atoms with van der Waals surface area (Å²) in [6.45, 7) is 3.22. The van der Waals surface area contributed by atoms with Crippen LogP contribution in [0.25, 0.3) is 0 Å². The third-order valence-electron chi connectivity index (χ3n) is 5.14. The largest absolute Gasteiger partial charge is 0.493 e. The molecular formula is C27H30O4. The van der Waals surface area contributed by atoms with E-state index in [4.69, 9.17) is 9.47 Å². The van der Waals surface area contributed by atoms with Crippen molar-refractivity contribution in [2.45, 2.75) is 39.2 Å². The van der Waals surface area contributed by atoms with Crippen molar-refractivity contribution in [1.82, 2.24) is 0 Å². The first kappa shape index (κ1) is 22.4. The molecule has 0 saturated carbocycles. The van der Waals surface area contributed by atoms with Crippen LogP contribution in [0.15, 0.2) is 72.8 Å². The highest BCUT2D eigenvalue weighted by atomic mass is 16.5. The molecule has 162 valence electrons. The van der Waals surface area contributed by atoms with Crippen molar-refractivity contribution < 1.29 is 19.0 Å². The highest BCUT2D eigenvalue weighted by molar-refractivity contribution is 5.69. The smallest absolute Gasteiger partial charge is 0.305 e. The predicted octanol–water partition coefficient (Wildman–Crippen LogP) is 5.69. The van der Waals surface area contributed by atoms with Crippen LogP contribution in [0.3, 0.4) is 0 Å². The van der Waals surface area contributed by atoms with Crippen molar-refractivity contribution in [3.05, 3.63) is 95.1 Å². The Labute approximate surface area is 184 Å². The van der Waals surface area contributed by atoms with E-state index < -0.39 is 0 Å².